The Kier molecular flexibility index (Phi) is 2.85. The minimum absolute atomic E-state index is 0.172. The molecule has 0 radical (unpaired) electrons. The maximum absolute atomic E-state index is 6.30. The third-order valence-corrected chi connectivity index (χ3v) is 4.37. The molecule has 82 valence electrons. The van der Waals surface area contributed by atoms with E-state index in [0.717, 1.165) is 18.5 Å². The fraction of sp³-hybridized carbons (Fsp3) is 1.00. The fourth-order valence-corrected chi connectivity index (χ4v) is 2.84. The number of nitrogens with zero attached hydrogens (tertiary/aromatic N) is 1. The number of nitrogens with two attached hydrogens (primary N) is 1. The first-order valence-electron chi connectivity index (χ1n) is 6.14. The van der Waals surface area contributed by atoms with Crippen LogP contribution in [-0.4, -0.2) is 29.6 Å². The van der Waals surface area contributed by atoms with Gasteiger partial charge in [0.2, 0.25) is 0 Å². The van der Waals surface area contributed by atoms with E-state index >= 15 is 0 Å². The van der Waals surface area contributed by atoms with Crippen LogP contribution in [0.4, 0.5) is 0 Å². The molecule has 1 heterocycles. The highest BCUT2D eigenvalue weighted by molar-refractivity contribution is 4.97. The van der Waals surface area contributed by atoms with Crippen LogP contribution in [0.1, 0.15) is 46.0 Å². The average molecular weight is 196 g/mol. The van der Waals surface area contributed by atoms with Gasteiger partial charge >= 0.3 is 0 Å². The molecule has 0 bridgehead atoms. The second-order valence-electron chi connectivity index (χ2n) is 5.55. The summed E-state index contributed by atoms with van der Waals surface area (Å²) in [4.78, 5) is 2.62. The van der Waals surface area contributed by atoms with Crippen LogP contribution in [0.25, 0.3) is 0 Å². The summed E-state index contributed by atoms with van der Waals surface area (Å²) in [5.74, 6) is 0.854. The molecule has 2 fully saturated rings. The van der Waals surface area contributed by atoms with E-state index in [9.17, 15) is 0 Å². The van der Waals surface area contributed by atoms with Crippen LogP contribution < -0.4 is 5.73 Å². The Morgan fingerprint density at radius 3 is 2.57 bits per heavy atom. The average Bonchev–Trinajstić information content (AvgIpc) is 2.10. The molecule has 2 atom stereocenters. The third-order valence-electron chi connectivity index (χ3n) is 4.37. The molecule has 2 heteroatoms. The number of likely N-dealkylation sites (tertiary alicyclic amines) is 1. The summed E-state index contributed by atoms with van der Waals surface area (Å²) >= 11 is 0. The molecule has 2 aliphatic rings. The molecule has 0 spiro atoms. The molecule has 2 rings (SSSR count). The van der Waals surface area contributed by atoms with Crippen molar-refractivity contribution in [3.8, 4) is 0 Å². The second-order valence-corrected chi connectivity index (χ2v) is 5.55. The Hall–Kier alpha value is -0.0800. The largest absolute Gasteiger partial charge is 0.324 e. The van der Waals surface area contributed by atoms with E-state index in [1.807, 2.05) is 0 Å². The van der Waals surface area contributed by atoms with Gasteiger partial charge < -0.3 is 5.73 Å². The van der Waals surface area contributed by atoms with Gasteiger partial charge in [-0.2, -0.15) is 0 Å². The summed E-state index contributed by atoms with van der Waals surface area (Å²) in [7, 11) is 0. The molecule has 1 aliphatic carbocycles. The summed E-state index contributed by atoms with van der Waals surface area (Å²) in [6.07, 6.45) is 6.58. The zero-order chi connectivity index (χ0) is 10.2. The zero-order valence-corrected chi connectivity index (χ0v) is 9.63. The van der Waals surface area contributed by atoms with Crippen LogP contribution in [0, 0.1) is 5.92 Å². The molecule has 2 unspecified atom stereocenters. The van der Waals surface area contributed by atoms with Crippen molar-refractivity contribution in [1.82, 2.24) is 4.90 Å². The lowest BCUT2D eigenvalue weighted by Crippen LogP contribution is -2.58. The van der Waals surface area contributed by atoms with E-state index in [2.05, 4.69) is 18.7 Å². The molecule has 2 N–H and O–H groups in total. The highest BCUT2D eigenvalue weighted by Crippen LogP contribution is 2.32. The molecule has 0 aromatic heterocycles. The number of hydrogen-bond acceptors (Lipinski definition) is 2. The van der Waals surface area contributed by atoms with Gasteiger partial charge in [0.1, 0.15) is 0 Å². The van der Waals surface area contributed by atoms with Gasteiger partial charge in [-0.1, -0.05) is 6.92 Å². The molecular formula is C12H24N2. The van der Waals surface area contributed by atoms with Crippen LogP contribution in [0.3, 0.4) is 0 Å². The molecule has 0 aromatic rings. The maximum Gasteiger partial charge on any atom is 0.0283 e. The smallest absolute Gasteiger partial charge is 0.0283 e. The summed E-state index contributed by atoms with van der Waals surface area (Å²) in [5, 5.41) is 0. The number of hydrogen-bond donors (Lipinski definition) is 1. The van der Waals surface area contributed by atoms with Gasteiger partial charge in [-0.15, -0.1) is 0 Å². The van der Waals surface area contributed by atoms with Gasteiger partial charge in [0.25, 0.3) is 0 Å². The van der Waals surface area contributed by atoms with Crippen LogP contribution in [0.2, 0.25) is 0 Å². The standard InChI is InChI=1S/C12H24N2/c1-10-5-3-8-14(11(10)2)9-12(13)6-4-7-12/h10-11H,3-9,13H2,1-2H3. The number of piperidine rings is 1. The quantitative estimate of drug-likeness (QED) is 0.732. The molecule has 1 aliphatic heterocycles. The summed E-state index contributed by atoms with van der Waals surface area (Å²) in [6, 6.07) is 0.741. The Morgan fingerprint density at radius 1 is 1.29 bits per heavy atom. The van der Waals surface area contributed by atoms with E-state index in [0.29, 0.717) is 0 Å². The Labute approximate surface area is 87.8 Å². The molecular weight excluding hydrogens is 172 g/mol. The van der Waals surface area contributed by atoms with Crippen molar-refractivity contribution in [1.29, 1.82) is 0 Å². The third kappa shape index (κ3) is 1.96. The fourth-order valence-electron chi connectivity index (χ4n) is 2.84. The predicted octanol–water partition coefficient (Wildman–Crippen LogP) is 1.99. The first-order valence-corrected chi connectivity index (χ1v) is 6.14. The van der Waals surface area contributed by atoms with Crippen molar-refractivity contribution in [3.05, 3.63) is 0 Å². The topological polar surface area (TPSA) is 29.3 Å². The summed E-state index contributed by atoms with van der Waals surface area (Å²) in [6.45, 7) is 7.15. The molecule has 0 aromatic carbocycles. The molecule has 1 saturated carbocycles. The van der Waals surface area contributed by atoms with E-state index in [1.165, 1.54) is 38.6 Å². The monoisotopic (exact) mass is 196 g/mol. The minimum Gasteiger partial charge on any atom is -0.324 e. The highest BCUT2D eigenvalue weighted by atomic mass is 15.2. The van der Waals surface area contributed by atoms with Crippen LogP contribution in [-0.2, 0) is 0 Å². The van der Waals surface area contributed by atoms with Crippen molar-refractivity contribution in [2.45, 2.75) is 57.5 Å². The van der Waals surface area contributed by atoms with E-state index in [-0.39, 0.29) is 5.54 Å². The Balaban J connectivity index is 1.89. The van der Waals surface area contributed by atoms with Gasteiger partial charge in [-0.3, -0.25) is 4.90 Å². The summed E-state index contributed by atoms with van der Waals surface area (Å²) < 4.78 is 0. The SMILES string of the molecule is CC1CCCN(CC2(N)CCC2)C1C. The van der Waals surface area contributed by atoms with Gasteiger partial charge in [0, 0.05) is 18.1 Å². The van der Waals surface area contributed by atoms with Crippen molar-refractivity contribution >= 4 is 0 Å². The lowest BCUT2D eigenvalue weighted by atomic mass is 9.76. The van der Waals surface area contributed by atoms with Gasteiger partial charge in [0.15, 0.2) is 0 Å². The normalized spacial score (nSPS) is 37.9. The van der Waals surface area contributed by atoms with Crippen LogP contribution in [0.5, 0.6) is 0 Å². The molecule has 1 saturated heterocycles. The number of rotatable bonds is 2. The van der Waals surface area contributed by atoms with Crippen molar-refractivity contribution < 1.29 is 0 Å². The first-order chi connectivity index (χ1) is 6.61. The predicted molar refractivity (Wildman–Crippen MR) is 60.2 cm³/mol. The van der Waals surface area contributed by atoms with E-state index < -0.39 is 0 Å². The Bertz CT molecular complexity index is 198. The summed E-state index contributed by atoms with van der Waals surface area (Å²) in [5.41, 5.74) is 6.47. The van der Waals surface area contributed by atoms with Crippen molar-refractivity contribution in [3.63, 3.8) is 0 Å². The molecule has 0 amide bonds. The maximum atomic E-state index is 6.30. The van der Waals surface area contributed by atoms with Crippen LogP contribution >= 0.6 is 0 Å². The highest BCUT2D eigenvalue weighted by Gasteiger charge is 2.37. The second kappa shape index (κ2) is 3.82. The minimum atomic E-state index is 0.172. The van der Waals surface area contributed by atoms with Gasteiger partial charge in [-0.25, -0.2) is 0 Å². The van der Waals surface area contributed by atoms with Crippen molar-refractivity contribution in [2.75, 3.05) is 13.1 Å². The first kappa shape index (κ1) is 10.4. The zero-order valence-electron chi connectivity index (χ0n) is 9.63. The van der Waals surface area contributed by atoms with E-state index in [1.54, 1.807) is 0 Å². The molecule has 2 nitrogen and oxygen atoms in total. The van der Waals surface area contributed by atoms with Gasteiger partial charge in [0.05, 0.1) is 0 Å². The van der Waals surface area contributed by atoms with E-state index in [4.69, 9.17) is 5.73 Å². The lowest BCUT2D eigenvalue weighted by molar-refractivity contribution is 0.0628. The van der Waals surface area contributed by atoms with Crippen LogP contribution in [0.15, 0.2) is 0 Å². The van der Waals surface area contributed by atoms with Crippen molar-refractivity contribution in [2.24, 2.45) is 11.7 Å². The molecule has 14 heavy (non-hydrogen) atoms. The lowest BCUT2D eigenvalue weighted by Gasteiger charge is -2.46. The Morgan fingerprint density at radius 2 is 2.00 bits per heavy atom. The van der Waals surface area contributed by atoms with Gasteiger partial charge in [-0.05, 0) is 51.5 Å².